The van der Waals surface area contributed by atoms with Crippen molar-refractivity contribution in [1.82, 2.24) is 25.1 Å². The molecular formula is C39H47F3N8O5S. The first-order chi connectivity index (χ1) is 26.5. The van der Waals surface area contributed by atoms with Crippen molar-refractivity contribution < 1.29 is 37.1 Å². The van der Waals surface area contributed by atoms with Crippen LogP contribution in [0.1, 0.15) is 108 Å². The van der Waals surface area contributed by atoms with Crippen LogP contribution < -0.4 is 15.5 Å². The third-order valence-electron chi connectivity index (χ3n) is 11.7. The number of imide groups is 1. The maximum atomic E-state index is 13.7. The Hall–Kier alpha value is -4.53. The Balaban J connectivity index is 0.954. The lowest BCUT2D eigenvalue weighted by atomic mass is 9.82. The fraction of sp³-hybridized carbons (Fsp3) is 0.590. The number of aromatic nitrogens is 2. The van der Waals surface area contributed by atoms with E-state index in [9.17, 15) is 32.3 Å². The van der Waals surface area contributed by atoms with Crippen LogP contribution >= 0.6 is 12.2 Å². The molecule has 4 amide bonds. The minimum atomic E-state index is -4.82. The maximum Gasteiger partial charge on any atom is 0.419 e. The zero-order chi connectivity index (χ0) is 40.5. The molecule has 13 nitrogen and oxygen atoms in total. The smallest absolute Gasteiger partial charge is 0.378 e. The Labute approximate surface area is 329 Å². The van der Waals surface area contributed by atoms with Crippen LogP contribution in [-0.2, 0) is 30.1 Å². The van der Waals surface area contributed by atoms with Gasteiger partial charge in [0.05, 0.1) is 36.0 Å². The number of piperidine rings is 2. The average molecular weight is 797 g/mol. The van der Waals surface area contributed by atoms with Crippen LogP contribution in [0.3, 0.4) is 0 Å². The van der Waals surface area contributed by atoms with E-state index in [2.05, 4.69) is 39.3 Å². The lowest BCUT2D eigenvalue weighted by molar-refractivity contribution is -0.138. The average Bonchev–Trinajstić information content (AvgIpc) is 3.31. The number of pyridine rings is 2. The molecule has 1 saturated carbocycles. The quantitative estimate of drug-likeness (QED) is 0.233. The molecule has 0 radical (unpaired) electrons. The fourth-order valence-corrected chi connectivity index (χ4v) is 9.29. The number of nitriles is 1. The molecule has 300 valence electrons. The first-order valence-electron chi connectivity index (χ1n) is 19.1. The van der Waals surface area contributed by atoms with Gasteiger partial charge in [0.15, 0.2) is 10.8 Å². The molecule has 3 saturated heterocycles. The van der Waals surface area contributed by atoms with Crippen LogP contribution in [0.25, 0.3) is 0 Å². The predicted molar refractivity (Wildman–Crippen MR) is 203 cm³/mol. The van der Waals surface area contributed by atoms with E-state index in [1.807, 2.05) is 4.90 Å². The number of carbonyl (C=O) groups excluding carboxylic acids is 4. The van der Waals surface area contributed by atoms with E-state index in [0.29, 0.717) is 30.3 Å². The zero-order valence-corrected chi connectivity index (χ0v) is 32.7. The number of amides is 4. The van der Waals surface area contributed by atoms with Crippen LogP contribution in [0.15, 0.2) is 30.6 Å². The van der Waals surface area contributed by atoms with Crippen molar-refractivity contribution in [1.29, 1.82) is 5.26 Å². The van der Waals surface area contributed by atoms with Gasteiger partial charge in [-0.25, -0.2) is 9.97 Å². The van der Waals surface area contributed by atoms with Crippen LogP contribution in [0.5, 0.6) is 0 Å². The number of alkyl halides is 3. The number of ether oxygens (including phenoxy) is 1. The van der Waals surface area contributed by atoms with Crippen molar-refractivity contribution >= 4 is 52.5 Å². The van der Waals surface area contributed by atoms with Crippen LogP contribution in [0.4, 0.5) is 24.7 Å². The van der Waals surface area contributed by atoms with Crippen molar-refractivity contribution in [2.75, 3.05) is 23.4 Å². The second-order valence-corrected chi connectivity index (χ2v) is 16.2. The first kappa shape index (κ1) is 41.1. The number of thiocarbonyl (C=S) groups is 1. The molecule has 5 heterocycles. The van der Waals surface area contributed by atoms with Gasteiger partial charge in [-0.15, -0.1) is 0 Å². The molecule has 0 aromatic carbocycles. The third kappa shape index (κ3) is 8.72. The molecule has 2 aromatic heterocycles. The summed E-state index contributed by atoms with van der Waals surface area (Å²) in [5.41, 5.74) is -2.47. The lowest BCUT2D eigenvalue weighted by Gasteiger charge is -2.42. The van der Waals surface area contributed by atoms with E-state index in [0.717, 1.165) is 62.1 Å². The van der Waals surface area contributed by atoms with Gasteiger partial charge >= 0.3 is 6.18 Å². The number of anilines is 2. The van der Waals surface area contributed by atoms with Crippen molar-refractivity contribution in [2.24, 2.45) is 5.92 Å². The zero-order valence-electron chi connectivity index (χ0n) is 31.9. The molecule has 0 bridgehead atoms. The third-order valence-corrected chi connectivity index (χ3v) is 12.1. The highest BCUT2D eigenvalue weighted by Gasteiger charge is 2.53. The van der Waals surface area contributed by atoms with E-state index in [-0.39, 0.29) is 65.7 Å². The monoisotopic (exact) mass is 796 g/mol. The van der Waals surface area contributed by atoms with E-state index >= 15 is 0 Å². The van der Waals surface area contributed by atoms with Gasteiger partial charge in [-0.05, 0) is 121 Å². The molecular weight excluding hydrogens is 750 g/mol. The summed E-state index contributed by atoms with van der Waals surface area (Å²) in [5, 5.41) is 14.5. The van der Waals surface area contributed by atoms with Gasteiger partial charge < -0.3 is 15.0 Å². The highest BCUT2D eigenvalue weighted by Crippen LogP contribution is 2.41. The van der Waals surface area contributed by atoms with E-state index in [1.54, 1.807) is 32.2 Å². The summed E-state index contributed by atoms with van der Waals surface area (Å²) in [7, 11) is 0. The van der Waals surface area contributed by atoms with Crippen molar-refractivity contribution in [3.63, 3.8) is 0 Å². The largest absolute Gasteiger partial charge is 0.419 e. The van der Waals surface area contributed by atoms with Gasteiger partial charge in [0.2, 0.25) is 17.7 Å². The van der Waals surface area contributed by atoms with Gasteiger partial charge in [0.1, 0.15) is 17.4 Å². The molecule has 2 aromatic rings. The summed E-state index contributed by atoms with van der Waals surface area (Å²) in [6.45, 7) is 8.41. The van der Waals surface area contributed by atoms with Crippen molar-refractivity contribution in [2.45, 2.75) is 127 Å². The molecule has 6 rings (SSSR count). The van der Waals surface area contributed by atoms with E-state index < -0.39 is 34.8 Å². The summed E-state index contributed by atoms with van der Waals surface area (Å²) < 4.78 is 47.5. The topological polar surface area (TPSA) is 161 Å². The molecule has 4 atom stereocenters. The lowest BCUT2D eigenvalue weighted by Crippen LogP contribution is -2.51. The minimum Gasteiger partial charge on any atom is -0.378 e. The van der Waals surface area contributed by atoms with Gasteiger partial charge in [-0.2, -0.15) is 18.4 Å². The Bertz CT molecular complexity index is 1900. The van der Waals surface area contributed by atoms with Crippen LogP contribution in [-0.4, -0.2) is 91.4 Å². The number of nitrogens with one attached hydrogen (secondary N) is 2. The molecule has 1 aliphatic carbocycles. The SMILES string of the molecule is C[C@@H]1CC(OCCC2CCC(N3C(=S)N(c4cnc(C#N)c(C(F)(F)F)c4)C(=O)C3(C)C)CC2)C[C@H](C)N1CC(=O)Nc1cc(C2CCC(=O)NC2=O)ccn1. The predicted octanol–water partition coefficient (Wildman–Crippen LogP) is 5.44. The fourth-order valence-electron chi connectivity index (χ4n) is 8.73. The minimum absolute atomic E-state index is 0.0527. The molecule has 0 spiro atoms. The summed E-state index contributed by atoms with van der Waals surface area (Å²) in [6, 6.07) is 5.77. The standard InChI is InChI=1S/C39H47F3N8O5S/c1-22-15-28(16-23(2)48(22)21-34(52)46-32-17-25(11-13-44-32)29-9-10-33(51)47-35(29)53)55-14-12-24-5-7-26(8-6-24)50-37(56)49(36(54)38(50,3)4)27-18-30(39(40,41)42)31(19-43)45-20-27/h11,13,17-18,20,22-24,26,28-29H,5-10,12,14-16,21H2,1-4H3,(H,44,46,52)(H,47,51,53)/t22-,23+,24?,26?,28?,29?. The van der Waals surface area contributed by atoms with Crippen molar-refractivity contribution in [3.8, 4) is 6.07 Å². The summed E-state index contributed by atoms with van der Waals surface area (Å²) >= 11 is 5.72. The molecule has 4 fully saturated rings. The number of rotatable bonds is 10. The second kappa shape index (κ2) is 16.5. The Morgan fingerprint density at radius 1 is 1.09 bits per heavy atom. The number of nitrogens with zero attached hydrogens (tertiary/aromatic N) is 6. The van der Waals surface area contributed by atoms with Gasteiger partial charge in [-0.3, -0.25) is 34.3 Å². The number of likely N-dealkylation sites (tertiary alicyclic amines) is 1. The molecule has 3 aliphatic heterocycles. The Morgan fingerprint density at radius 3 is 2.43 bits per heavy atom. The second-order valence-electron chi connectivity index (χ2n) is 15.9. The first-order valence-corrected chi connectivity index (χ1v) is 19.5. The summed E-state index contributed by atoms with van der Waals surface area (Å²) in [4.78, 5) is 63.6. The highest BCUT2D eigenvalue weighted by atomic mass is 32.1. The molecule has 17 heteroatoms. The number of hydrogen-bond acceptors (Lipinski definition) is 10. The van der Waals surface area contributed by atoms with Crippen molar-refractivity contribution in [3.05, 3.63) is 47.4 Å². The highest BCUT2D eigenvalue weighted by molar-refractivity contribution is 7.80. The molecule has 56 heavy (non-hydrogen) atoms. The summed E-state index contributed by atoms with van der Waals surface area (Å²) in [5.74, 6) is -0.978. The molecule has 2 N–H and O–H groups in total. The van der Waals surface area contributed by atoms with Crippen LogP contribution in [0, 0.1) is 17.2 Å². The van der Waals surface area contributed by atoms with Crippen LogP contribution in [0.2, 0.25) is 0 Å². The molecule has 4 aliphatic rings. The van der Waals surface area contributed by atoms with Gasteiger partial charge in [0, 0.05) is 37.4 Å². The van der Waals surface area contributed by atoms with E-state index in [4.69, 9.17) is 22.2 Å². The normalized spacial score (nSPS) is 27.2. The van der Waals surface area contributed by atoms with Gasteiger partial charge in [-0.1, -0.05) is 0 Å². The Kier molecular flexibility index (Phi) is 12.1. The number of halogens is 3. The Morgan fingerprint density at radius 2 is 1.79 bits per heavy atom. The van der Waals surface area contributed by atoms with E-state index in [1.165, 1.54) is 6.07 Å². The maximum absolute atomic E-state index is 13.7. The number of carbonyl (C=O) groups is 4. The van der Waals surface area contributed by atoms with Gasteiger partial charge in [0.25, 0.3) is 5.91 Å². The summed E-state index contributed by atoms with van der Waals surface area (Å²) in [6.07, 6.45) is 4.27. The number of hydrogen-bond donors (Lipinski definition) is 2. The molecule has 2 unspecified atom stereocenters.